The third-order valence-electron chi connectivity index (χ3n) is 4.51. The third kappa shape index (κ3) is 3.17. The highest BCUT2D eigenvalue weighted by Gasteiger charge is 2.17. The third-order valence-corrected chi connectivity index (χ3v) is 5.54. The van der Waals surface area contributed by atoms with E-state index in [2.05, 4.69) is 32.0 Å². The van der Waals surface area contributed by atoms with E-state index in [0.717, 1.165) is 32.1 Å². The number of para-hydroxylation sites is 1. The molecule has 0 aliphatic rings. The van der Waals surface area contributed by atoms with Crippen molar-refractivity contribution in [2.45, 2.75) is 0 Å². The Morgan fingerprint density at radius 2 is 1.86 bits per heavy atom. The number of carbonyl (C=O) groups is 1. The Morgan fingerprint density at radius 1 is 1.03 bits per heavy atom. The molecule has 29 heavy (non-hydrogen) atoms. The molecule has 6 nitrogen and oxygen atoms in total. The molecule has 0 fully saturated rings. The van der Waals surface area contributed by atoms with Crippen molar-refractivity contribution in [1.29, 1.82) is 0 Å². The first-order chi connectivity index (χ1) is 14.3. The summed E-state index contributed by atoms with van der Waals surface area (Å²) in [5.41, 5.74) is 6.71. The van der Waals surface area contributed by atoms with Crippen LogP contribution in [0.15, 0.2) is 84.2 Å². The summed E-state index contributed by atoms with van der Waals surface area (Å²) in [6, 6.07) is 21.5. The number of nitrogens with zero attached hydrogens (tertiary/aromatic N) is 4. The number of carbonyl (C=O) groups excluding carboxylic acids is 1. The highest BCUT2D eigenvalue weighted by Crippen LogP contribution is 2.32. The molecule has 0 unspecified atom stereocenters. The number of pyridine rings is 1. The van der Waals surface area contributed by atoms with Gasteiger partial charge >= 0.3 is 0 Å². The molecule has 0 aliphatic carbocycles. The van der Waals surface area contributed by atoms with Crippen LogP contribution >= 0.6 is 11.3 Å². The first-order valence-corrected chi connectivity index (χ1v) is 9.82. The van der Waals surface area contributed by atoms with E-state index >= 15 is 0 Å². The van der Waals surface area contributed by atoms with Gasteiger partial charge in [-0.1, -0.05) is 53.8 Å². The number of thiazole rings is 1. The summed E-state index contributed by atoms with van der Waals surface area (Å²) in [7, 11) is 0. The van der Waals surface area contributed by atoms with Gasteiger partial charge in [-0.05, 0) is 24.3 Å². The van der Waals surface area contributed by atoms with E-state index in [-0.39, 0.29) is 5.91 Å². The predicted molar refractivity (Wildman–Crippen MR) is 115 cm³/mol. The van der Waals surface area contributed by atoms with Gasteiger partial charge in [0.1, 0.15) is 0 Å². The fourth-order valence-electron chi connectivity index (χ4n) is 3.18. The summed E-state index contributed by atoms with van der Waals surface area (Å²) >= 11 is 1.62. The smallest absolute Gasteiger partial charge is 0.272 e. The Labute approximate surface area is 170 Å². The Hall–Kier alpha value is -3.84. The number of hydrogen-bond donors (Lipinski definition) is 1. The van der Waals surface area contributed by atoms with Gasteiger partial charge in [0, 0.05) is 18.0 Å². The lowest BCUT2D eigenvalue weighted by Crippen LogP contribution is -2.17. The second-order valence-corrected chi connectivity index (χ2v) is 7.35. The summed E-state index contributed by atoms with van der Waals surface area (Å²) in [5.74, 6) is -0.313. The topological polar surface area (TPSA) is 71.7 Å². The minimum Gasteiger partial charge on any atom is -0.281 e. The molecule has 0 bridgehead atoms. The van der Waals surface area contributed by atoms with Gasteiger partial charge in [-0.3, -0.25) is 14.2 Å². The Bertz CT molecular complexity index is 1340. The molecule has 5 aromatic rings. The zero-order valence-electron chi connectivity index (χ0n) is 15.2. The Balaban J connectivity index is 1.59. The summed E-state index contributed by atoms with van der Waals surface area (Å²) in [6.07, 6.45) is 4.77. The van der Waals surface area contributed by atoms with Crippen molar-refractivity contribution in [3.63, 3.8) is 0 Å². The van der Waals surface area contributed by atoms with Gasteiger partial charge in [0.15, 0.2) is 4.96 Å². The molecule has 3 aromatic heterocycles. The highest BCUT2D eigenvalue weighted by atomic mass is 32.1. The van der Waals surface area contributed by atoms with Crippen molar-refractivity contribution in [2.24, 2.45) is 5.10 Å². The van der Waals surface area contributed by atoms with Crippen molar-refractivity contribution >= 4 is 38.6 Å². The molecule has 0 atom stereocenters. The second kappa shape index (κ2) is 7.29. The van der Waals surface area contributed by atoms with E-state index in [9.17, 15) is 4.79 Å². The number of hydrazone groups is 1. The van der Waals surface area contributed by atoms with Crippen molar-refractivity contribution in [3.05, 3.63) is 90.4 Å². The van der Waals surface area contributed by atoms with Crippen molar-refractivity contribution in [2.75, 3.05) is 0 Å². The second-order valence-electron chi connectivity index (χ2n) is 6.34. The number of amides is 1. The van der Waals surface area contributed by atoms with Crippen LogP contribution in [-0.4, -0.2) is 26.5 Å². The average molecular weight is 397 g/mol. The molecule has 1 amide bonds. The van der Waals surface area contributed by atoms with Gasteiger partial charge in [0.25, 0.3) is 5.91 Å². The molecular weight excluding hydrogens is 382 g/mol. The molecule has 5 rings (SSSR count). The minimum absolute atomic E-state index is 0.313. The molecule has 0 saturated carbocycles. The molecule has 2 aromatic carbocycles. The summed E-state index contributed by atoms with van der Waals surface area (Å²) in [6.45, 7) is 0. The zero-order valence-corrected chi connectivity index (χ0v) is 16.0. The maximum Gasteiger partial charge on any atom is 0.272 e. The van der Waals surface area contributed by atoms with Crippen molar-refractivity contribution < 1.29 is 4.79 Å². The lowest BCUT2D eigenvalue weighted by atomic mass is 10.1. The lowest BCUT2D eigenvalue weighted by molar-refractivity contribution is 0.0955. The van der Waals surface area contributed by atoms with Gasteiger partial charge in [0.2, 0.25) is 0 Å². The molecule has 0 radical (unpaired) electrons. The monoisotopic (exact) mass is 397 g/mol. The Kier molecular flexibility index (Phi) is 4.34. The number of nitrogens with one attached hydrogen (secondary N) is 1. The highest BCUT2D eigenvalue weighted by molar-refractivity contribution is 7.23. The zero-order chi connectivity index (χ0) is 19.6. The fourth-order valence-corrected chi connectivity index (χ4v) is 4.21. The number of hydrogen-bond acceptors (Lipinski definition) is 5. The van der Waals surface area contributed by atoms with Crippen LogP contribution in [0.2, 0.25) is 0 Å². The molecule has 7 heteroatoms. The number of fused-ring (bicyclic) bond motifs is 3. The Morgan fingerprint density at radius 3 is 2.69 bits per heavy atom. The number of aromatic nitrogens is 3. The van der Waals surface area contributed by atoms with E-state index in [0.29, 0.717) is 5.56 Å². The van der Waals surface area contributed by atoms with E-state index in [1.54, 1.807) is 35.9 Å². The molecule has 0 aliphatic heterocycles. The number of imidazole rings is 1. The van der Waals surface area contributed by atoms with Crippen LogP contribution < -0.4 is 5.43 Å². The normalized spacial score (nSPS) is 11.4. The van der Waals surface area contributed by atoms with E-state index in [1.807, 2.05) is 42.5 Å². The summed E-state index contributed by atoms with van der Waals surface area (Å²) < 4.78 is 3.21. The van der Waals surface area contributed by atoms with Crippen molar-refractivity contribution in [3.8, 4) is 11.3 Å². The standard InChI is InChI=1S/C22H15N5OS/c28-21(16-9-6-12-23-13-16)26-24-14-18-20(15-7-2-1-3-8-15)25-22-27(18)17-10-4-5-11-19(17)29-22/h1-14H,(H,26,28)/b24-14+. The van der Waals surface area contributed by atoms with Gasteiger partial charge in [-0.25, -0.2) is 10.4 Å². The average Bonchev–Trinajstić information content (AvgIpc) is 3.31. The van der Waals surface area contributed by atoms with Gasteiger partial charge in [0.05, 0.1) is 33.4 Å². The van der Waals surface area contributed by atoms with Gasteiger partial charge in [-0.2, -0.15) is 5.10 Å². The molecule has 140 valence electrons. The fraction of sp³-hybridized carbons (Fsp3) is 0. The molecular formula is C22H15N5OS. The molecule has 0 saturated heterocycles. The molecule has 1 N–H and O–H groups in total. The van der Waals surface area contributed by atoms with Crippen LogP contribution in [0.25, 0.3) is 26.4 Å². The summed E-state index contributed by atoms with van der Waals surface area (Å²) in [5, 5.41) is 4.20. The molecule has 0 spiro atoms. The van der Waals surface area contributed by atoms with Crippen molar-refractivity contribution in [1.82, 2.24) is 19.8 Å². The maximum absolute atomic E-state index is 12.3. The van der Waals surface area contributed by atoms with Crippen LogP contribution in [0.5, 0.6) is 0 Å². The van der Waals surface area contributed by atoms with Crippen LogP contribution in [0.3, 0.4) is 0 Å². The predicted octanol–water partition coefficient (Wildman–Crippen LogP) is 4.37. The van der Waals surface area contributed by atoms with E-state index < -0.39 is 0 Å². The van der Waals surface area contributed by atoms with Crippen LogP contribution in [0, 0.1) is 0 Å². The maximum atomic E-state index is 12.3. The first kappa shape index (κ1) is 17.3. The first-order valence-electron chi connectivity index (χ1n) is 9.00. The van der Waals surface area contributed by atoms with E-state index in [4.69, 9.17) is 4.98 Å². The largest absolute Gasteiger partial charge is 0.281 e. The minimum atomic E-state index is -0.313. The molecule has 3 heterocycles. The lowest BCUT2D eigenvalue weighted by Gasteiger charge is -2.02. The SMILES string of the molecule is O=C(N/N=C/c1c(-c2ccccc2)nc2sc3ccccc3n12)c1cccnc1. The van der Waals surface area contributed by atoms with Crippen LogP contribution in [-0.2, 0) is 0 Å². The number of benzene rings is 2. The van der Waals surface area contributed by atoms with Gasteiger partial charge in [-0.15, -0.1) is 0 Å². The quantitative estimate of drug-likeness (QED) is 0.361. The van der Waals surface area contributed by atoms with Crippen LogP contribution in [0.4, 0.5) is 0 Å². The van der Waals surface area contributed by atoms with E-state index in [1.165, 1.54) is 6.20 Å². The van der Waals surface area contributed by atoms with Gasteiger partial charge < -0.3 is 0 Å². The number of rotatable bonds is 4. The summed E-state index contributed by atoms with van der Waals surface area (Å²) in [4.78, 5) is 22.0. The van der Waals surface area contributed by atoms with Crippen LogP contribution in [0.1, 0.15) is 16.1 Å².